The first-order chi connectivity index (χ1) is 12.3. The number of piperidine rings is 1. The molecular formula is C21H42N4O. The van der Waals surface area contributed by atoms with Crippen LogP contribution in [0.2, 0.25) is 0 Å². The normalized spacial score (nSPS) is 20.5. The number of unbranched alkanes of at least 4 members (excludes halogenated alkanes) is 7. The third kappa shape index (κ3) is 8.28. The summed E-state index contributed by atoms with van der Waals surface area (Å²) < 4.78 is 0. The van der Waals surface area contributed by atoms with Crippen LogP contribution in [-0.4, -0.2) is 28.8 Å². The number of azide groups is 1. The fourth-order valence-corrected chi connectivity index (χ4v) is 4.22. The molecule has 0 saturated carbocycles. The number of hydrogen-bond acceptors (Lipinski definition) is 3. The average Bonchev–Trinajstić information content (AvgIpc) is 2.57. The fraction of sp³-hybridized carbons (Fsp3) is 1.00. The topological polar surface area (TPSA) is 61.2 Å². The molecule has 0 aromatic heterocycles. The lowest BCUT2D eigenvalue weighted by Crippen LogP contribution is -2.59. The van der Waals surface area contributed by atoms with E-state index in [0.29, 0.717) is 6.54 Å². The maximum atomic E-state index is 8.73. The summed E-state index contributed by atoms with van der Waals surface area (Å²) in [7, 11) is 0. The molecule has 5 nitrogen and oxygen atoms in total. The zero-order chi connectivity index (χ0) is 19.5. The van der Waals surface area contributed by atoms with Crippen molar-refractivity contribution < 1.29 is 4.84 Å². The van der Waals surface area contributed by atoms with Gasteiger partial charge in [-0.1, -0.05) is 63.4 Å². The van der Waals surface area contributed by atoms with Gasteiger partial charge in [-0.25, -0.2) is 0 Å². The van der Waals surface area contributed by atoms with Crippen LogP contribution in [0, 0.1) is 0 Å². The maximum Gasteiger partial charge on any atom is 0.0850 e. The van der Waals surface area contributed by atoms with Crippen molar-refractivity contribution in [3.8, 4) is 0 Å². The van der Waals surface area contributed by atoms with Gasteiger partial charge in [0.1, 0.15) is 0 Å². The van der Waals surface area contributed by atoms with Crippen LogP contribution in [0.1, 0.15) is 112 Å². The molecule has 5 heteroatoms. The van der Waals surface area contributed by atoms with Gasteiger partial charge < -0.3 is 0 Å². The summed E-state index contributed by atoms with van der Waals surface area (Å²) in [6.07, 6.45) is 14.9. The van der Waals surface area contributed by atoms with Crippen LogP contribution in [0.4, 0.5) is 0 Å². The van der Waals surface area contributed by atoms with Crippen molar-refractivity contribution in [2.75, 3.05) is 6.54 Å². The molecule has 0 aromatic rings. The van der Waals surface area contributed by atoms with E-state index in [0.717, 1.165) is 25.7 Å². The Morgan fingerprint density at radius 1 is 0.962 bits per heavy atom. The number of rotatable bonds is 13. The third-order valence-electron chi connectivity index (χ3n) is 5.66. The average molecular weight is 367 g/mol. The van der Waals surface area contributed by atoms with Crippen LogP contribution in [-0.2, 0) is 4.84 Å². The van der Waals surface area contributed by atoms with E-state index < -0.39 is 0 Å². The quantitative estimate of drug-likeness (QED) is 0.150. The van der Waals surface area contributed by atoms with Gasteiger partial charge in [0, 0.05) is 16.0 Å². The lowest BCUT2D eigenvalue weighted by atomic mass is 9.82. The van der Waals surface area contributed by atoms with E-state index in [1.807, 2.05) is 0 Å². The van der Waals surface area contributed by atoms with E-state index in [2.05, 4.69) is 49.7 Å². The fourth-order valence-electron chi connectivity index (χ4n) is 4.22. The van der Waals surface area contributed by atoms with Crippen molar-refractivity contribution in [1.29, 1.82) is 0 Å². The second-order valence-corrected chi connectivity index (χ2v) is 9.18. The van der Waals surface area contributed by atoms with E-state index in [9.17, 15) is 0 Å². The first kappa shape index (κ1) is 23.3. The Hall–Kier alpha value is -0.770. The zero-order valence-electron chi connectivity index (χ0n) is 18.0. The van der Waals surface area contributed by atoms with E-state index >= 15 is 0 Å². The van der Waals surface area contributed by atoms with Crippen LogP contribution in [0.15, 0.2) is 5.11 Å². The van der Waals surface area contributed by atoms with Crippen LogP contribution < -0.4 is 0 Å². The highest BCUT2D eigenvalue weighted by Crippen LogP contribution is 2.39. The first-order valence-corrected chi connectivity index (χ1v) is 10.8. The molecule has 1 aliphatic heterocycles. The molecule has 1 heterocycles. The summed E-state index contributed by atoms with van der Waals surface area (Å²) in [4.78, 5) is 9.41. The van der Waals surface area contributed by atoms with E-state index in [-0.39, 0.29) is 17.2 Å². The van der Waals surface area contributed by atoms with Crippen molar-refractivity contribution >= 4 is 0 Å². The number of nitrogens with zero attached hydrogens (tertiary/aromatic N) is 4. The molecule has 1 aliphatic rings. The smallest absolute Gasteiger partial charge is 0.0850 e. The highest BCUT2D eigenvalue weighted by Gasteiger charge is 2.43. The Kier molecular flexibility index (Phi) is 10.6. The van der Waals surface area contributed by atoms with Crippen molar-refractivity contribution in [1.82, 2.24) is 5.06 Å². The summed E-state index contributed by atoms with van der Waals surface area (Å²) in [6.45, 7) is 11.7. The molecule has 1 fully saturated rings. The Morgan fingerprint density at radius 3 is 2.04 bits per heavy atom. The van der Waals surface area contributed by atoms with Gasteiger partial charge in [0.25, 0.3) is 0 Å². The molecule has 0 spiro atoms. The summed E-state index contributed by atoms with van der Waals surface area (Å²) in [5, 5.41) is 6.01. The predicted molar refractivity (Wildman–Crippen MR) is 110 cm³/mol. The van der Waals surface area contributed by atoms with Crippen LogP contribution in [0.3, 0.4) is 0 Å². The third-order valence-corrected chi connectivity index (χ3v) is 5.66. The maximum absolute atomic E-state index is 8.73. The Balaban J connectivity index is 2.46. The molecule has 0 amide bonds. The Labute approximate surface area is 161 Å². The minimum atomic E-state index is -0.0114. The van der Waals surface area contributed by atoms with Crippen LogP contribution in [0.25, 0.3) is 10.4 Å². The minimum absolute atomic E-state index is 0.0114. The predicted octanol–water partition coefficient (Wildman–Crippen LogP) is 7.17. The summed E-state index contributed by atoms with van der Waals surface area (Å²) >= 11 is 0. The van der Waals surface area contributed by atoms with Crippen molar-refractivity contribution in [2.45, 2.75) is 129 Å². The largest absolute Gasteiger partial charge is 0.295 e. The standard InChI is InChI=1S/C21H42N4O/c1-6-7-8-9-10-11-12-13-15-19(18-23-24-22)26-25-20(2,3)16-14-17-21(25,4)5/h19H,6-18H2,1-5H3. The van der Waals surface area contributed by atoms with Gasteiger partial charge in [-0.15, -0.1) is 0 Å². The van der Waals surface area contributed by atoms with Gasteiger partial charge in [-0.05, 0) is 58.9 Å². The second kappa shape index (κ2) is 11.8. The second-order valence-electron chi connectivity index (χ2n) is 9.18. The van der Waals surface area contributed by atoms with Crippen molar-refractivity contribution in [3.05, 3.63) is 10.4 Å². The van der Waals surface area contributed by atoms with Gasteiger partial charge >= 0.3 is 0 Å². The summed E-state index contributed by atoms with van der Waals surface area (Å²) in [6, 6.07) is 0. The van der Waals surface area contributed by atoms with Gasteiger partial charge in [0.2, 0.25) is 0 Å². The number of hydrogen-bond donors (Lipinski definition) is 0. The Bertz CT molecular complexity index is 414. The molecule has 1 unspecified atom stereocenters. The summed E-state index contributed by atoms with van der Waals surface area (Å²) in [5.41, 5.74) is 8.77. The SMILES string of the molecule is CCCCCCCCCCC(CN=[N+]=[N-])ON1C(C)(C)CCCC1(C)C. The number of hydroxylamine groups is 2. The van der Waals surface area contributed by atoms with Gasteiger partial charge in [0.15, 0.2) is 0 Å². The highest BCUT2D eigenvalue weighted by molar-refractivity contribution is 4.93. The van der Waals surface area contributed by atoms with Crippen molar-refractivity contribution in [3.63, 3.8) is 0 Å². The first-order valence-electron chi connectivity index (χ1n) is 10.8. The molecule has 0 N–H and O–H groups in total. The van der Waals surface area contributed by atoms with E-state index in [1.54, 1.807) is 0 Å². The van der Waals surface area contributed by atoms with Crippen molar-refractivity contribution in [2.24, 2.45) is 5.11 Å². The van der Waals surface area contributed by atoms with E-state index in [1.165, 1.54) is 51.4 Å². The zero-order valence-corrected chi connectivity index (χ0v) is 18.0. The molecule has 1 rings (SSSR count). The van der Waals surface area contributed by atoms with E-state index in [4.69, 9.17) is 10.4 Å². The Morgan fingerprint density at radius 2 is 1.50 bits per heavy atom. The molecule has 0 aliphatic carbocycles. The lowest BCUT2D eigenvalue weighted by Gasteiger charge is -2.52. The molecule has 0 radical (unpaired) electrons. The van der Waals surface area contributed by atoms with Gasteiger partial charge in [0.05, 0.1) is 12.6 Å². The van der Waals surface area contributed by atoms with Crippen LogP contribution in [0.5, 0.6) is 0 Å². The van der Waals surface area contributed by atoms with Crippen LogP contribution >= 0.6 is 0 Å². The minimum Gasteiger partial charge on any atom is -0.295 e. The highest BCUT2D eigenvalue weighted by atomic mass is 16.7. The molecule has 0 aromatic carbocycles. The van der Waals surface area contributed by atoms with Gasteiger partial charge in [-0.2, -0.15) is 5.06 Å². The molecular weight excluding hydrogens is 324 g/mol. The molecule has 152 valence electrons. The van der Waals surface area contributed by atoms with Gasteiger partial charge in [-0.3, -0.25) is 4.84 Å². The molecule has 1 saturated heterocycles. The molecule has 0 bridgehead atoms. The molecule has 1 atom stereocenters. The summed E-state index contributed by atoms with van der Waals surface area (Å²) in [5.74, 6) is 0. The lowest BCUT2D eigenvalue weighted by molar-refractivity contribution is -0.303. The monoisotopic (exact) mass is 366 g/mol. The molecule has 26 heavy (non-hydrogen) atoms.